The maximum atomic E-state index is 12.5. The van der Waals surface area contributed by atoms with Crippen molar-refractivity contribution in [3.63, 3.8) is 0 Å². The zero-order valence-electron chi connectivity index (χ0n) is 18.2. The molecular weight excluding hydrogens is 428 g/mol. The summed E-state index contributed by atoms with van der Waals surface area (Å²) in [7, 11) is 0. The van der Waals surface area contributed by atoms with Gasteiger partial charge in [0, 0.05) is 29.8 Å². The Hall–Kier alpha value is -4.08. The summed E-state index contributed by atoms with van der Waals surface area (Å²) < 4.78 is 0. The van der Waals surface area contributed by atoms with Gasteiger partial charge >= 0.3 is 0 Å². The Morgan fingerprint density at radius 2 is 1.88 bits per heavy atom. The number of hydrogen-bond donors (Lipinski definition) is 3. The molecule has 10 nitrogen and oxygen atoms in total. The van der Waals surface area contributed by atoms with E-state index in [4.69, 9.17) is 0 Å². The molecule has 0 saturated carbocycles. The van der Waals surface area contributed by atoms with E-state index in [1.54, 1.807) is 24.3 Å². The number of rotatable bonds is 7. The lowest BCUT2D eigenvalue weighted by molar-refractivity contribution is -0.384. The number of nitro groups is 1. The number of benzene rings is 2. The molecule has 2 unspecified atom stereocenters. The van der Waals surface area contributed by atoms with Gasteiger partial charge in [-0.3, -0.25) is 34.6 Å². The number of non-ortho nitro benzene ring substituents is 1. The summed E-state index contributed by atoms with van der Waals surface area (Å²) in [5.74, 6) is -1.70. The number of nitrogens with one attached hydrogen (secondary N) is 3. The van der Waals surface area contributed by atoms with Crippen molar-refractivity contribution in [1.29, 1.82) is 0 Å². The minimum atomic E-state index is -0.909. The van der Waals surface area contributed by atoms with Gasteiger partial charge in [-0.05, 0) is 43.5 Å². The average Bonchev–Trinajstić information content (AvgIpc) is 2.80. The third kappa shape index (κ3) is 5.05. The molecule has 1 aliphatic rings. The molecule has 2 aromatic rings. The number of carbonyl (C=O) groups is 4. The van der Waals surface area contributed by atoms with Gasteiger partial charge in [-0.15, -0.1) is 0 Å². The molecule has 0 bridgehead atoms. The van der Waals surface area contributed by atoms with Gasteiger partial charge in [-0.1, -0.05) is 25.1 Å². The molecule has 0 aliphatic carbocycles. The van der Waals surface area contributed by atoms with Gasteiger partial charge in [0.25, 0.3) is 11.6 Å². The topological polar surface area (TPSA) is 148 Å². The second-order valence-corrected chi connectivity index (χ2v) is 7.88. The molecule has 1 heterocycles. The Bertz CT molecular complexity index is 1110. The van der Waals surface area contributed by atoms with Crippen LogP contribution >= 0.6 is 0 Å². The monoisotopic (exact) mass is 452 g/mol. The maximum Gasteiger partial charge on any atom is 0.270 e. The van der Waals surface area contributed by atoms with E-state index in [9.17, 15) is 29.3 Å². The summed E-state index contributed by atoms with van der Waals surface area (Å²) in [6, 6.07) is 11.1. The summed E-state index contributed by atoms with van der Waals surface area (Å²) in [4.78, 5) is 59.2. The van der Waals surface area contributed by atoms with E-state index >= 15 is 0 Å². The van der Waals surface area contributed by atoms with Crippen molar-refractivity contribution in [3.05, 3.63) is 69.8 Å². The first-order chi connectivity index (χ1) is 15.7. The summed E-state index contributed by atoms with van der Waals surface area (Å²) >= 11 is 0. The largest absolute Gasteiger partial charge is 0.341 e. The van der Waals surface area contributed by atoms with Crippen LogP contribution < -0.4 is 16.0 Å². The molecular formula is C23H24N4O6. The van der Waals surface area contributed by atoms with E-state index in [1.807, 2.05) is 6.92 Å². The van der Waals surface area contributed by atoms with Crippen LogP contribution in [-0.4, -0.2) is 34.6 Å². The van der Waals surface area contributed by atoms with Gasteiger partial charge < -0.3 is 10.6 Å². The van der Waals surface area contributed by atoms with Crippen molar-refractivity contribution in [1.82, 2.24) is 10.6 Å². The van der Waals surface area contributed by atoms with E-state index < -0.39 is 28.2 Å². The molecule has 0 spiro atoms. The van der Waals surface area contributed by atoms with Gasteiger partial charge in [0.15, 0.2) is 0 Å². The summed E-state index contributed by atoms with van der Waals surface area (Å²) in [5.41, 5.74) is 0.275. The molecule has 2 aromatic carbocycles. The van der Waals surface area contributed by atoms with Crippen LogP contribution in [0, 0.1) is 10.1 Å². The van der Waals surface area contributed by atoms with Crippen molar-refractivity contribution in [2.24, 2.45) is 0 Å². The van der Waals surface area contributed by atoms with E-state index in [2.05, 4.69) is 16.0 Å². The molecule has 10 heteroatoms. The molecule has 33 heavy (non-hydrogen) atoms. The van der Waals surface area contributed by atoms with Crippen molar-refractivity contribution >= 4 is 35.0 Å². The highest BCUT2D eigenvalue weighted by atomic mass is 16.6. The van der Waals surface area contributed by atoms with Gasteiger partial charge in [-0.2, -0.15) is 0 Å². The first-order valence-electron chi connectivity index (χ1n) is 10.5. The molecule has 2 atom stereocenters. The number of piperidine rings is 1. The first kappa shape index (κ1) is 23.6. The third-order valence-electron chi connectivity index (χ3n) is 5.84. The standard InChI is InChI=1S/C23H24N4O6/c1-3-23(12-11-19(28)26-22(23)31)16-7-9-17(10-8-16)25-20(29)14(2)24-21(30)15-5-4-6-18(13-15)27(32)33/h4-10,13-14H,3,11-12H2,1-2H3,(H,24,30)(H,25,29)(H,26,28,31). The lowest BCUT2D eigenvalue weighted by Gasteiger charge is -2.35. The number of carbonyl (C=O) groups excluding carboxylic acids is 4. The predicted molar refractivity (Wildman–Crippen MR) is 119 cm³/mol. The Morgan fingerprint density at radius 1 is 1.18 bits per heavy atom. The van der Waals surface area contributed by atoms with E-state index in [-0.39, 0.29) is 29.5 Å². The second kappa shape index (κ2) is 9.60. The number of imide groups is 1. The Kier molecular flexibility index (Phi) is 6.86. The molecule has 0 radical (unpaired) electrons. The zero-order valence-corrected chi connectivity index (χ0v) is 18.2. The summed E-state index contributed by atoms with van der Waals surface area (Å²) in [6.45, 7) is 3.38. The molecule has 0 aromatic heterocycles. The van der Waals surface area contributed by atoms with E-state index in [0.717, 1.165) is 11.6 Å². The number of nitro benzene ring substituents is 1. The number of amides is 4. The molecule has 3 N–H and O–H groups in total. The van der Waals surface area contributed by atoms with E-state index in [1.165, 1.54) is 25.1 Å². The minimum Gasteiger partial charge on any atom is -0.341 e. The predicted octanol–water partition coefficient (Wildman–Crippen LogP) is 2.44. The molecule has 3 rings (SSSR count). The highest BCUT2D eigenvalue weighted by Crippen LogP contribution is 2.36. The van der Waals surface area contributed by atoms with Crippen LogP contribution in [0.25, 0.3) is 0 Å². The van der Waals surface area contributed by atoms with Gasteiger partial charge in [0.1, 0.15) is 6.04 Å². The molecule has 4 amide bonds. The number of anilines is 1. The van der Waals surface area contributed by atoms with E-state index in [0.29, 0.717) is 18.5 Å². The van der Waals surface area contributed by atoms with Gasteiger partial charge in [0.2, 0.25) is 17.7 Å². The third-order valence-corrected chi connectivity index (χ3v) is 5.84. The van der Waals surface area contributed by atoms with Crippen molar-refractivity contribution in [2.75, 3.05) is 5.32 Å². The van der Waals surface area contributed by atoms with Crippen molar-refractivity contribution in [3.8, 4) is 0 Å². The van der Waals surface area contributed by atoms with Gasteiger partial charge in [-0.25, -0.2) is 0 Å². The second-order valence-electron chi connectivity index (χ2n) is 7.88. The lowest BCUT2D eigenvalue weighted by atomic mass is 9.72. The van der Waals surface area contributed by atoms with Crippen LogP contribution in [0.1, 0.15) is 49.0 Å². The highest BCUT2D eigenvalue weighted by molar-refractivity contribution is 6.04. The average molecular weight is 452 g/mol. The summed E-state index contributed by atoms with van der Waals surface area (Å²) in [6.07, 6.45) is 1.21. The molecule has 172 valence electrons. The fourth-order valence-electron chi connectivity index (χ4n) is 3.80. The maximum absolute atomic E-state index is 12.5. The van der Waals surface area contributed by atoms with Crippen LogP contribution in [0.5, 0.6) is 0 Å². The SMILES string of the molecule is CCC1(c2ccc(NC(=O)C(C)NC(=O)c3cccc([N+](=O)[O-])c3)cc2)CCC(=O)NC1=O. The number of hydrogen-bond acceptors (Lipinski definition) is 6. The van der Waals surface area contributed by atoms with Crippen LogP contribution in [0.3, 0.4) is 0 Å². The smallest absolute Gasteiger partial charge is 0.270 e. The Labute approximate surface area is 189 Å². The molecule has 1 fully saturated rings. The Balaban J connectivity index is 1.65. The fourth-order valence-corrected chi connectivity index (χ4v) is 3.80. The highest BCUT2D eigenvalue weighted by Gasteiger charge is 2.42. The Morgan fingerprint density at radius 3 is 2.48 bits per heavy atom. The van der Waals surface area contributed by atoms with Gasteiger partial charge in [0.05, 0.1) is 10.3 Å². The lowest BCUT2D eigenvalue weighted by Crippen LogP contribution is -2.51. The van der Waals surface area contributed by atoms with Crippen LogP contribution in [0.4, 0.5) is 11.4 Å². The molecule has 1 aliphatic heterocycles. The normalized spacial score (nSPS) is 18.7. The van der Waals surface area contributed by atoms with Crippen molar-refractivity contribution in [2.45, 2.75) is 44.6 Å². The van der Waals surface area contributed by atoms with Crippen LogP contribution in [0.2, 0.25) is 0 Å². The quantitative estimate of drug-likeness (QED) is 0.334. The number of nitrogens with zero attached hydrogens (tertiary/aromatic N) is 1. The van der Waals surface area contributed by atoms with Crippen LogP contribution in [0.15, 0.2) is 48.5 Å². The van der Waals surface area contributed by atoms with Crippen LogP contribution in [-0.2, 0) is 19.8 Å². The zero-order chi connectivity index (χ0) is 24.2. The minimum absolute atomic E-state index is 0.0716. The molecule has 1 saturated heterocycles. The first-order valence-corrected chi connectivity index (χ1v) is 10.5. The van der Waals surface area contributed by atoms with Crippen molar-refractivity contribution < 1.29 is 24.1 Å². The summed E-state index contributed by atoms with van der Waals surface area (Å²) in [5, 5.41) is 18.5. The fraction of sp³-hybridized carbons (Fsp3) is 0.304.